The van der Waals surface area contributed by atoms with Gasteiger partial charge in [0.15, 0.2) is 0 Å². The van der Waals surface area contributed by atoms with E-state index in [9.17, 15) is 9.18 Å². The first kappa shape index (κ1) is 18.1. The quantitative estimate of drug-likeness (QED) is 0.631. The maximum absolute atomic E-state index is 14.2. The minimum absolute atomic E-state index is 0.0587. The fraction of sp³-hybridized carbons (Fsp3) is 0.273. The second-order valence-electron chi connectivity index (χ2n) is 6.50. The van der Waals surface area contributed by atoms with Gasteiger partial charge in [-0.2, -0.15) is 0 Å². The van der Waals surface area contributed by atoms with Gasteiger partial charge < -0.3 is 4.90 Å². The summed E-state index contributed by atoms with van der Waals surface area (Å²) in [5.74, 6) is -0.241. The molecule has 3 rings (SSSR count). The Morgan fingerprint density at radius 3 is 2.42 bits per heavy atom. The average molecular weight is 349 g/mol. The van der Waals surface area contributed by atoms with Gasteiger partial charge in [-0.1, -0.05) is 55.5 Å². The third kappa shape index (κ3) is 3.19. The molecule has 134 valence electrons. The Kier molecular flexibility index (Phi) is 5.31. The third-order valence-corrected chi connectivity index (χ3v) is 4.96. The van der Waals surface area contributed by atoms with Crippen LogP contribution in [0.25, 0.3) is 22.0 Å². The molecule has 1 atom stereocenters. The maximum Gasteiger partial charge on any atom is 0.272 e. The standard InChI is InChI=1S/C22H23FN2O/c1-4-15(2)25(3)22(26)21-18(14-23)20(16-10-6-5-7-11-16)17-12-8-9-13-19(17)24-21/h5-13,15H,4,14H2,1-3H3/t15-/m1/s1/i23-1. The van der Waals surface area contributed by atoms with E-state index >= 15 is 0 Å². The lowest BCUT2D eigenvalue weighted by Gasteiger charge is -2.25. The number of halogens is 1. The molecule has 0 bridgehead atoms. The van der Waals surface area contributed by atoms with Crippen LogP contribution in [-0.4, -0.2) is 28.9 Å². The molecule has 4 heteroatoms. The second-order valence-corrected chi connectivity index (χ2v) is 6.50. The molecule has 0 radical (unpaired) electrons. The number of hydrogen-bond donors (Lipinski definition) is 0. The number of amides is 1. The molecule has 3 nitrogen and oxygen atoms in total. The number of carbonyl (C=O) groups excluding carboxylic acids is 1. The highest BCUT2D eigenvalue weighted by Crippen LogP contribution is 2.34. The number of pyridine rings is 1. The topological polar surface area (TPSA) is 33.2 Å². The van der Waals surface area contributed by atoms with Crippen molar-refractivity contribution in [1.29, 1.82) is 0 Å². The van der Waals surface area contributed by atoms with Gasteiger partial charge in [-0.15, -0.1) is 0 Å². The van der Waals surface area contributed by atoms with Crippen molar-refractivity contribution in [2.24, 2.45) is 0 Å². The Morgan fingerprint density at radius 1 is 1.12 bits per heavy atom. The molecule has 0 spiro atoms. The van der Waals surface area contributed by atoms with Crippen molar-refractivity contribution >= 4 is 16.8 Å². The molecule has 0 saturated carbocycles. The molecular formula is C22H23FN2O. The SMILES string of the molecule is CC[C@@H](C)N(C)C(=O)c1nc2ccccc2c(-c2ccccc2)c1C[18F]. The second kappa shape index (κ2) is 7.65. The lowest BCUT2D eigenvalue weighted by Crippen LogP contribution is -2.35. The highest BCUT2D eigenvalue weighted by atomic mass is 18.2. The van der Waals surface area contributed by atoms with E-state index in [0.717, 1.165) is 22.9 Å². The number of aromatic nitrogens is 1. The van der Waals surface area contributed by atoms with Gasteiger partial charge in [0.1, 0.15) is 12.4 Å². The van der Waals surface area contributed by atoms with Crippen LogP contribution in [-0.2, 0) is 6.67 Å². The molecule has 0 saturated heterocycles. The van der Waals surface area contributed by atoms with Crippen LogP contribution in [0.3, 0.4) is 0 Å². The van der Waals surface area contributed by atoms with E-state index in [1.165, 1.54) is 0 Å². The molecule has 0 unspecified atom stereocenters. The monoisotopic (exact) mass is 349 g/mol. The number of carbonyl (C=O) groups is 1. The summed E-state index contributed by atoms with van der Waals surface area (Å²) in [4.78, 5) is 19.2. The molecule has 0 aliphatic rings. The molecule has 3 aromatic rings. The maximum atomic E-state index is 14.2. The van der Waals surface area contributed by atoms with Gasteiger partial charge in [-0.25, -0.2) is 9.37 Å². The van der Waals surface area contributed by atoms with Crippen molar-refractivity contribution in [3.05, 3.63) is 65.9 Å². The first-order chi connectivity index (χ1) is 12.6. The van der Waals surface area contributed by atoms with Gasteiger partial charge in [0.25, 0.3) is 5.91 Å². The first-order valence-electron chi connectivity index (χ1n) is 8.88. The lowest BCUT2D eigenvalue weighted by molar-refractivity contribution is 0.0733. The summed E-state index contributed by atoms with van der Waals surface area (Å²) in [5.41, 5.74) is 2.89. The smallest absolute Gasteiger partial charge is 0.272 e. The number of alkyl halides is 1. The number of nitrogens with zero attached hydrogens (tertiary/aromatic N) is 2. The van der Waals surface area contributed by atoms with Crippen molar-refractivity contribution in [3.8, 4) is 11.1 Å². The third-order valence-electron chi connectivity index (χ3n) is 4.96. The summed E-state index contributed by atoms with van der Waals surface area (Å²) < 4.78 is 14.2. The highest BCUT2D eigenvalue weighted by Gasteiger charge is 2.25. The van der Waals surface area contributed by atoms with E-state index in [0.29, 0.717) is 11.1 Å². The predicted molar refractivity (Wildman–Crippen MR) is 104 cm³/mol. The fourth-order valence-electron chi connectivity index (χ4n) is 3.13. The van der Waals surface area contributed by atoms with Crippen LogP contribution in [0.4, 0.5) is 4.39 Å². The van der Waals surface area contributed by atoms with Crippen LogP contribution in [0.5, 0.6) is 0 Å². The van der Waals surface area contributed by atoms with Gasteiger partial charge in [0, 0.05) is 24.0 Å². The zero-order chi connectivity index (χ0) is 18.7. The largest absolute Gasteiger partial charge is 0.338 e. The van der Waals surface area contributed by atoms with Crippen molar-refractivity contribution in [1.82, 2.24) is 9.88 Å². The zero-order valence-electron chi connectivity index (χ0n) is 15.4. The number of rotatable bonds is 5. The number of benzene rings is 2. The Morgan fingerprint density at radius 2 is 1.77 bits per heavy atom. The highest BCUT2D eigenvalue weighted by molar-refractivity contribution is 6.03. The van der Waals surface area contributed by atoms with Crippen molar-refractivity contribution < 1.29 is 9.18 Å². The summed E-state index contributed by atoms with van der Waals surface area (Å²) in [6, 6.07) is 17.3. The Labute approximate surface area is 153 Å². The summed E-state index contributed by atoms with van der Waals surface area (Å²) >= 11 is 0. The van der Waals surface area contributed by atoms with Gasteiger partial charge in [-0.05, 0) is 30.5 Å². The van der Waals surface area contributed by atoms with Crippen LogP contribution in [0.15, 0.2) is 54.6 Å². The average Bonchev–Trinajstić information content (AvgIpc) is 2.71. The molecule has 0 aliphatic heterocycles. The van der Waals surface area contributed by atoms with Crippen LogP contribution in [0.1, 0.15) is 36.3 Å². The molecule has 0 N–H and O–H groups in total. The van der Waals surface area contributed by atoms with E-state index in [-0.39, 0.29) is 17.6 Å². The van der Waals surface area contributed by atoms with Crippen molar-refractivity contribution in [2.75, 3.05) is 7.05 Å². The normalized spacial score (nSPS) is 12.2. The minimum atomic E-state index is -0.739. The number of para-hydroxylation sites is 1. The molecule has 1 aromatic heterocycles. The Hall–Kier alpha value is -2.75. The molecule has 1 amide bonds. The molecule has 0 fully saturated rings. The van der Waals surface area contributed by atoms with E-state index in [2.05, 4.69) is 4.98 Å². The van der Waals surface area contributed by atoms with Crippen molar-refractivity contribution in [3.63, 3.8) is 0 Å². The number of hydrogen-bond acceptors (Lipinski definition) is 2. The zero-order valence-corrected chi connectivity index (χ0v) is 15.4. The number of fused-ring (bicyclic) bond motifs is 1. The summed E-state index contributed by atoms with van der Waals surface area (Å²) in [6.07, 6.45) is 0.826. The fourth-order valence-corrected chi connectivity index (χ4v) is 3.13. The van der Waals surface area contributed by atoms with Crippen LogP contribution >= 0.6 is 0 Å². The van der Waals surface area contributed by atoms with E-state index in [1.54, 1.807) is 11.9 Å². The Balaban J connectivity index is 2.30. The van der Waals surface area contributed by atoms with E-state index in [1.807, 2.05) is 68.4 Å². The molecule has 1 heterocycles. The molecule has 2 aromatic carbocycles. The summed E-state index contributed by atoms with van der Waals surface area (Å²) in [7, 11) is 1.75. The first-order valence-corrected chi connectivity index (χ1v) is 8.88. The van der Waals surface area contributed by atoms with E-state index < -0.39 is 6.67 Å². The summed E-state index contributed by atoms with van der Waals surface area (Å²) in [6.45, 7) is 3.26. The lowest BCUT2D eigenvalue weighted by atomic mass is 9.94. The van der Waals surface area contributed by atoms with Gasteiger partial charge in [-0.3, -0.25) is 4.79 Å². The molecular weight excluding hydrogens is 326 g/mol. The Bertz CT molecular complexity index is 924. The minimum Gasteiger partial charge on any atom is -0.338 e. The van der Waals surface area contributed by atoms with E-state index in [4.69, 9.17) is 0 Å². The van der Waals surface area contributed by atoms with Gasteiger partial charge in [0.2, 0.25) is 0 Å². The van der Waals surface area contributed by atoms with Crippen LogP contribution in [0.2, 0.25) is 0 Å². The molecule has 0 aliphatic carbocycles. The van der Waals surface area contributed by atoms with Crippen LogP contribution in [0, 0.1) is 0 Å². The van der Waals surface area contributed by atoms with Crippen LogP contribution < -0.4 is 0 Å². The van der Waals surface area contributed by atoms with Crippen molar-refractivity contribution in [2.45, 2.75) is 33.0 Å². The molecule has 26 heavy (non-hydrogen) atoms. The van der Waals surface area contributed by atoms with Gasteiger partial charge >= 0.3 is 0 Å². The predicted octanol–water partition coefficient (Wildman–Crippen LogP) is 5.24. The van der Waals surface area contributed by atoms with Gasteiger partial charge in [0.05, 0.1) is 5.52 Å². The summed E-state index contributed by atoms with van der Waals surface area (Å²) in [5, 5.41) is 0.856.